The van der Waals surface area contributed by atoms with E-state index >= 15 is 0 Å². The molecule has 1 saturated carbocycles. The van der Waals surface area contributed by atoms with Crippen molar-refractivity contribution in [2.75, 3.05) is 0 Å². The molecule has 114 valence electrons. The minimum atomic E-state index is -0.611. The van der Waals surface area contributed by atoms with Crippen molar-refractivity contribution in [2.45, 2.75) is 37.7 Å². The Morgan fingerprint density at radius 1 is 1.50 bits per heavy atom. The highest BCUT2D eigenvalue weighted by atomic mass is 79.9. The fourth-order valence-corrected chi connectivity index (χ4v) is 3.03. The van der Waals surface area contributed by atoms with E-state index in [0.29, 0.717) is 22.5 Å². The summed E-state index contributed by atoms with van der Waals surface area (Å²) in [6.07, 6.45) is 2.11. The van der Waals surface area contributed by atoms with Gasteiger partial charge in [-0.1, -0.05) is 32.7 Å². The first-order valence-corrected chi connectivity index (χ1v) is 8.08. The van der Waals surface area contributed by atoms with Gasteiger partial charge in [0.1, 0.15) is 11.2 Å². The Morgan fingerprint density at radius 3 is 2.86 bits per heavy atom. The molecule has 7 heteroatoms. The van der Waals surface area contributed by atoms with E-state index in [1.165, 1.54) is 0 Å². The highest BCUT2D eigenvalue weighted by molar-refractivity contribution is 9.10. The van der Waals surface area contributed by atoms with Crippen LogP contribution in [0.1, 0.15) is 44.0 Å². The Morgan fingerprint density at radius 2 is 2.27 bits per heavy atom. The van der Waals surface area contributed by atoms with Gasteiger partial charge in [-0.05, 0) is 44.4 Å². The minimum absolute atomic E-state index is 0.383. The first-order chi connectivity index (χ1) is 10.5. The highest BCUT2D eigenvalue weighted by Crippen LogP contribution is 2.42. The van der Waals surface area contributed by atoms with Crippen LogP contribution in [0.4, 0.5) is 0 Å². The zero-order valence-corrected chi connectivity index (χ0v) is 14.2. The van der Waals surface area contributed by atoms with E-state index in [9.17, 15) is 5.26 Å². The fourth-order valence-electron chi connectivity index (χ4n) is 2.31. The van der Waals surface area contributed by atoms with Crippen molar-refractivity contribution in [3.63, 3.8) is 0 Å². The number of benzene rings is 1. The van der Waals surface area contributed by atoms with Crippen molar-refractivity contribution in [1.29, 1.82) is 5.26 Å². The molecule has 0 radical (unpaired) electrons. The second-order valence-corrected chi connectivity index (χ2v) is 6.66. The van der Waals surface area contributed by atoms with Gasteiger partial charge in [0.25, 0.3) is 0 Å². The molecule has 2 aromatic rings. The molecule has 1 aliphatic rings. The Balaban J connectivity index is 1.77. The second kappa shape index (κ2) is 5.90. The molecule has 0 aliphatic heterocycles. The zero-order valence-electron chi connectivity index (χ0n) is 11.8. The molecule has 3 rings (SSSR count). The Labute approximate surface area is 141 Å². The maximum absolute atomic E-state index is 9.30. The molecular formula is C15H13BrClN3O2. The Kier molecular flexibility index (Phi) is 4.11. The molecule has 0 saturated heterocycles. The van der Waals surface area contributed by atoms with Crippen LogP contribution in [-0.4, -0.2) is 10.1 Å². The molecular weight excluding hydrogens is 370 g/mol. The lowest BCUT2D eigenvalue weighted by Crippen LogP contribution is -2.32. The maximum atomic E-state index is 9.30. The first-order valence-electron chi connectivity index (χ1n) is 6.91. The van der Waals surface area contributed by atoms with Crippen molar-refractivity contribution >= 4 is 27.5 Å². The van der Waals surface area contributed by atoms with Gasteiger partial charge in [-0.2, -0.15) is 10.2 Å². The van der Waals surface area contributed by atoms with Crippen LogP contribution in [0.3, 0.4) is 0 Å². The van der Waals surface area contributed by atoms with E-state index in [2.05, 4.69) is 32.1 Å². The van der Waals surface area contributed by atoms with Gasteiger partial charge in [0.05, 0.1) is 11.1 Å². The molecule has 1 heterocycles. The van der Waals surface area contributed by atoms with Crippen LogP contribution in [0.2, 0.25) is 5.02 Å². The number of hydrogen-bond acceptors (Lipinski definition) is 5. The number of ether oxygens (including phenoxy) is 1. The van der Waals surface area contributed by atoms with Crippen LogP contribution in [0.25, 0.3) is 0 Å². The third kappa shape index (κ3) is 2.71. The average Bonchev–Trinajstić information content (AvgIpc) is 2.91. The van der Waals surface area contributed by atoms with Crippen LogP contribution < -0.4 is 4.74 Å². The summed E-state index contributed by atoms with van der Waals surface area (Å²) >= 11 is 9.48. The molecule has 1 unspecified atom stereocenters. The molecule has 1 aromatic heterocycles. The van der Waals surface area contributed by atoms with Gasteiger partial charge >= 0.3 is 0 Å². The average molecular weight is 383 g/mol. The van der Waals surface area contributed by atoms with Crippen LogP contribution in [0, 0.1) is 11.3 Å². The third-order valence-corrected chi connectivity index (χ3v) is 4.62. The summed E-state index contributed by atoms with van der Waals surface area (Å²) < 4.78 is 11.9. The van der Waals surface area contributed by atoms with Crippen LogP contribution in [0.5, 0.6) is 5.75 Å². The Bertz CT molecular complexity index is 737. The van der Waals surface area contributed by atoms with Crippen LogP contribution in [0.15, 0.2) is 27.2 Å². The summed E-state index contributed by atoms with van der Waals surface area (Å²) in [6, 6.07) is 7.65. The van der Waals surface area contributed by atoms with Crippen LogP contribution in [-0.2, 0) is 5.41 Å². The van der Waals surface area contributed by atoms with Gasteiger partial charge in [-0.15, -0.1) is 0 Å². The number of hydrogen-bond donors (Lipinski definition) is 0. The predicted octanol–water partition coefficient (Wildman–Crippen LogP) is 4.57. The molecule has 0 spiro atoms. The number of nitrogens with zero attached hydrogens (tertiary/aromatic N) is 3. The Hall–Kier alpha value is -1.58. The topological polar surface area (TPSA) is 71.9 Å². The maximum Gasteiger partial charge on any atom is 0.247 e. The van der Waals surface area contributed by atoms with E-state index in [0.717, 1.165) is 23.7 Å². The second-order valence-electron chi connectivity index (χ2n) is 5.34. The molecule has 1 atom stereocenters. The molecule has 0 bridgehead atoms. The number of rotatable bonds is 4. The predicted molar refractivity (Wildman–Crippen MR) is 83.6 cm³/mol. The van der Waals surface area contributed by atoms with E-state index in [-0.39, 0.29) is 0 Å². The molecule has 22 heavy (non-hydrogen) atoms. The summed E-state index contributed by atoms with van der Waals surface area (Å²) in [5.74, 6) is 1.34. The summed E-state index contributed by atoms with van der Waals surface area (Å²) in [5.41, 5.74) is -0.611. The van der Waals surface area contributed by atoms with Crippen molar-refractivity contribution < 1.29 is 9.26 Å². The zero-order chi connectivity index (χ0) is 15.7. The van der Waals surface area contributed by atoms with Gasteiger partial charge in [0.2, 0.25) is 11.7 Å². The van der Waals surface area contributed by atoms with E-state index in [1.807, 2.05) is 13.0 Å². The van der Waals surface area contributed by atoms with Crippen molar-refractivity contribution in [3.05, 3.63) is 39.4 Å². The number of halogens is 2. The number of nitriles is 1. The van der Waals surface area contributed by atoms with Gasteiger partial charge in [0.15, 0.2) is 6.10 Å². The van der Waals surface area contributed by atoms with Crippen molar-refractivity contribution in [2.24, 2.45) is 0 Å². The molecule has 1 aliphatic carbocycles. The number of aromatic nitrogens is 2. The van der Waals surface area contributed by atoms with Gasteiger partial charge < -0.3 is 9.26 Å². The molecule has 0 amide bonds. The molecule has 1 fully saturated rings. The summed E-state index contributed by atoms with van der Waals surface area (Å²) in [5, 5.41) is 13.7. The summed E-state index contributed by atoms with van der Waals surface area (Å²) in [6.45, 7) is 1.81. The first kappa shape index (κ1) is 15.3. The fraction of sp³-hybridized carbons (Fsp3) is 0.400. The quantitative estimate of drug-likeness (QED) is 0.774. The lowest BCUT2D eigenvalue weighted by molar-refractivity contribution is 0.207. The van der Waals surface area contributed by atoms with Crippen molar-refractivity contribution in [3.8, 4) is 11.8 Å². The minimum Gasteiger partial charge on any atom is -0.481 e. The van der Waals surface area contributed by atoms with Gasteiger partial charge in [-0.25, -0.2) is 0 Å². The van der Waals surface area contributed by atoms with E-state index < -0.39 is 11.5 Å². The molecule has 1 aromatic carbocycles. The van der Waals surface area contributed by atoms with Gasteiger partial charge in [0, 0.05) is 4.47 Å². The normalized spacial score (nSPS) is 17.4. The lowest BCUT2D eigenvalue weighted by atomic mass is 9.70. The highest BCUT2D eigenvalue weighted by Gasteiger charge is 2.44. The SMILES string of the molecule is CC(Oc1ccc(Br)cc1Cl)c1noc(C2(C#N)CCC2)n1. The van der Waals surface area contributed by atoms with E-state index in [1.54, 1.807) is 12.1 Å². The molecule has 0 N–H and O–H groups in total. The summed E-state index contributed by atoms with van der Waals surface area (Å²) in [7, 11) is 0. The standard InChI is InChI=1S/C15H13BrClN3O2/c1-9(21-12-4-3-10(16)7-11(12)17)13-19-14(22-20-13)15(8-18)5-2-6-15/h3-4,7,9H,2,5-6H2,1H3. The van der Waals surface area contributed by atoms with Crippen LogP contribution >= 0.6 is 27.5 Å². The third-order valence-electron chi connectivity index (χ3n) is 3.83. The monoisotopic (exact) mass is 381 g/mol. The lowest BCUT2D eigenvalue weighted by Gasteiger charge is -2.30. The largest absolute Gasteiger partial charge is 0.481 e. The summed E-state index contributed by atoms with van der Waals surface area (Å²) in [4.78, 5) is 4.34. The van der Waals surface area contributed by atoms with E-state index in [4.69, 9.17) is 20.9 Å². The van der Waals surface area contributed by atoms with Crippen molar-refractivity contribution in [1.82, 2.24) is 10.1 Å². The molecule has 5 nitrogen and oxygen atoms in total. The smallest absolute Gasteiger partial charge is 0.247 e. The van der Waals surface area contributed by atoms with Gasteiger partial charge in [-0.3, -0.25) is 0 Å².